The van der Waals surface area contributed by atoms with E-state index in [1.54, 1.807) is 48.5 Å². The Morgan fingerprint density at radius 3 is 2.45 bits per heavy atom. The fraction of sp³-hybridized carbons (Fsp3) is 0.0667. The Balaban J connectivity index is 1.97. The van der Waals surface area contributed by atoms with Crippen LogP contribution in [-0.2, 0) is 4.79 Å². The van der Waals surface area contributed by atoms with Crippen LogP contribution in [-0.4, -0.2) is 22.3 Å². The van der Waals surface area contributed by atoms with E-state index in [-0.39, 0.29) is 5.75 Å². The fourth-order valence-electron chi connectivity index (χ4n) is 1.61. The van der Waals surface area contributed by atoms with Gasteiger partial charge in [-0.3, -0.25) is 4.79 Å². The molecular formula is C15H14N2O3. The van der Waals surface area contributed by atoms with E-state index in [4.69, 9.17) is 0 Å². The second-order valence-corrected chi connectivity index (χ2v) is 4.11. The minimum Gasteiger partial charge on any atom is -0.507 e. The van der Waals surface area contributed by atoms with Crippen molar-refractivity contribution in [1.82, 2.24) is 5.43 Å². The van der Waals surface area contributed by atoms with Crippen molar-refractivity contribution >= 4 is 12.1 Å². The maximum atomic E-state index is 11.7. The molecule has 2 rings (SSSR count). The third kappa shape index (κ3) is 3.43. The van der Waals surface area contributed by atoms with Gasteiger partial charge < -0.3 is 10.2 Å². The molecule has 1 amide bonds. The molecule has 0 heterocycles. The number of rotatable bonds is 4. The van der Waals surface area contributed by atoms with Gasteiger partial charge in [0.1, 0.15) is 5.75 Å². The number of nitrogens with one attached hydrogen (secondary N) is 1. The zero-order valence-electron chi connectivity index (χ0n) is 10.6. The third-order valence-corrected chi connectivity index (χ3v) is 2.68. The van der Waals surface area contributed by atoms with Gasteiger partial charge in [-0.1, -0.05) is 42.5 Å². The van der Waals surface area contributed by atoms with Crippen LogP contribution in [0.3, 0.4) is 0 Å². The van der Waals surface area contributed by atoms with Gasteiger partial charge in [-0.25, -0.2) is 5.43 Å². The molecule has 2 aromatic rings. The first-order valence-electron chi connectivity index (χ1n) is 6.02. The van der Waals surface area contributed by atoms with Gasteiger partial charge in [-0.15, -0.1) is 0 Å². The first kappa shape index (κ1) is 13.8. The lowest BCUT2D eigenvalue weighted by Gasteiger charge is -2.08. The molecule has 0 aliphatic heterocycles. The summed E-state index contributed by atoms with van der Waals surface area (Å²) in [6.07, 6.45) is 0.0306. The summed E-state index contributed by atoms with van der Waals surface area (Å²) < 4.78 is 0. The number of hydrazone groups is 1. The van der Waals surface area contributed by atoms with Crippen molar-refractivity contribution in [2.45, 2.75) is 6.10 Å². The molecule has 0 aliphatic carbocycles. The van der Waals surface area contributed by atoms with Crippen LogP contribution in [0.2, 0.25) is 0 Å². The van der Waals surface area contributed by atoms with E-state index in [0.717, 1.165) is 0 Å². The van der Waals surface area contributed by atoms with Crippen LogP contribution < -0.4 is 5.43 Å². The molecule has 0 saturated heterocycles. The average Bonchev–Trinajstić information content (AvgIpc) is 2.49. The number of phenols is 1. The second-order valence-electron chi connectivity index (χ2n) is 4.11. The monoisotopic (exact) mass is 270 g/mol. The summed E-state index contributed by atoms with van der Waals surface area (Å²) in [5, 5.41) is 23.0. The van der Waals surface area contributed by atoms with E-state index in [2.05, 4.69) is 10.5 Å². The predicted molar refractivity (Wildman–Crippen MR) is 75.2 cm³/mol. The SMILES string of the molecule is O=C(N/N=C\c1ccccc1O)[C@@H](O)c1ccccc1. The van der Waals surface area contributed by atoms with E-state index in [0.29, 0.717) is 11.1 Å². The van der Waals surface area contributed by atoms with Crippen molar-refractivity contribution in [1.29, 1.82) is 0 Å². The summed E-state index contributed by atoms with van der Waals surface area (Å²) in [5.41, 5.74) is 3.19. The lowest BCUT2D eigenvalue weighted by Crippen LogP contribution is -2.25. The van der Waals surface area contributed by atoms with E-state index in [1.807, 2.05) is 0 Å². The number of para-hydroxylation sites is 1. The molecule has 0 aromatic heterocycles. The molecule has 1 atom stereocenters. The van der Waals surface area contributed by atoms with Crippen molar-refractivity contribution in [3.8, 4) is 5.75 Å². The highest BCUT2D eigenvalue weighted by Gasteiger charge is 2.15. The van der Waals surface area contributed by atoms with Crippen molar-refractivity contribution in [2.75, 3.05) is 0 Å². The molecule has 0 aliphatic rings. The highest BCUT2D eigenvalue weighted by atomic mass is 16.3. The second kappa shape index (κ2) is 6.49. The number of aliphatic hydroxyl groups excluding tert-OH is 1. The van der Waals surface area contributed by atoms with Crippen molar-refractivity contribution in [3.05, 3.63) is 65.7 Å². The maximum absolute atomic E-state index is 11.7. The summed E-state index contributed by atoms with van der Waals surface area (Å²) >= 11 is 0. The first-order valence-corrected chi connectivity index (χ1v) is 6.02. The molecule has 0 bridgehead atoms. The molecule has 0 fully saturated rings. The molecule has 2 aromatic carbocycles. The Kier molecular flexibility index (Phi) is 4.47. The van der Waals surface area contributed by atoms with Crippen LogP contribution in [0, 0.1) is 0 Å². The number of nitrogens with zero attached hydrogens (tertiary/aromatic N) is 1. The van der Waals surface area contributed by atoms with E-state index >= 15 is 0 Å². The van der Waals surface area contributed by atoms with Crippen LogP contribution in [0.15, 0.2) is 59.7 Å². The van der Waals surface area contributed by atoms with Crippen LogP contribution in [0.1, 0.15) is 17.2 Å². The third-order valence-electron chi connectivity index (χ3n) is 2.68. The molecule has 5 heteroatoms. The summed E-state index contributed by atoms with van der Waals surface area (Å²) in [4.78, 5) is 11.7. The number of aliphatic hydroxyl groups is 1. The number of phenolic OH excluding ortho intramolecular Hbond substituents is 1. The lowest BCUT2D eigenvalue weighted by atomic mass is 10.1. The molecule has 20 heavy (non-hydrogen) atoms. The van der Waals surface area contributed by atoms with E-state index < -0.39 is 12.0 Å². The molecule has 0 saturated carbocycles. The largest absolute Gasteiger partial charge is 0.507 e. The number of carbonyl (C=O) groups excluding carboxylic acids is 1. The van der Waals surface area contributed by atoms with Crippen molar-refractivity contribution in [2.24, 2.45) is 5.10 Å². The van der Waals surface area contributed by atoms with Gasteiger partial charge in [0.2, 0.25) is 0 Å². The zero-order valence-corrected chi connectivity index (χ0v) is 10.6. The fourth-order valence-corrected chi connectivity index (χ4v) is 1.61. The topological polar surface area (TPSA) is 81.9 Å². The standard InChI is InChI=1S/C15H14N2O3/c18-13-9-5-4-8-12(13)10-16-17-15(20)14(19)11-6-2-1-3-7-11/h1-10,14,18-19H,(H,17,20)/b16-10-/t14-/m0/s1. The van der Waals surface area contributed by atoms with Gasteiger partial charge in [0.25, 0.3) is 5.91 Å². The summed E-state index contributed by atoms with van der Waals surface area (Å²) in [7, 11) is 0. The van der Waals surface area contributed by atoms with Crippen molar-refractivity contribution in [3.63, 3.8) is 0 Å². The quantitative estimate of drug-likeness (QED) is 0.582. The smallest absolute Gasteiger partial charge is 0.273 e. The number of benzene rings is 2. The van der Waals surface area contributed by atoms with Gasteiger partial charge >= 0.3 is 0 Å². The van der Waals surface area contributed by atoms with Crippen LogP contribution >= 0.6 is 0 Å². The summed E-state index contributed by atoms with van der Waals surface area (Å²) in [5.74, 6) is -0.572. The highest BCUT2D eigenvalue weighted by molar-refractivity contribution is 5.86. The molecular weight excluding hydrogens is 256 g/mol. The normalized spacial score (nSPS) is 12.2. The molecule has 0 unspecified atom stereocenters. The molecule has 3 N–H and O–H groups in total. The molecule has 0 radical (unpaired) electrons. The minimum absolute atomic E-state index is 0.0640. The Bertz CT molecular complexity index is 612. The number of carbonyl (C=O) groups is 1. The number of amides is 1. The van der Waals surface area contributed by atoms with Gasteiger partial charge in [-0.05, 0) is 17.7 Å². The summed E-state index contributed by atoms with van der Waals surface area (Å²) in [6.45, 7) is 0. The van der Waals surface area contributed by atoms with Crippen LogP contribution in [0.5, 0.6) is 5.75 Å². The van der Waals surface area contributed by atoms with Crippen LogP contribution in [0.4, 0.5) is 0 Å². The Morgan fingerprint density at radius 1 is 1.10 bits per heavy atom. The minimum atomic E-state index is -1.28. The zero-order chi connectivity index (χ0) is 14.4. The van der Waals surface area contributed by atoms with Gasteiger partial charge in [0, 0.05) is 5.56 Å². The number of hydrogen-bond acceptors (Lipinski definition) is 4. The van der Waals surface area contributed by atoms with Crippen LogP contribution in [0.25, 0.3) is 0 Å². The molecule has 102 valence electrons. The molecule has 0 spiro atoms. The number of aromatic hydroxyl groups is 1. The van der Waals surface area contributed by atoms with Gasteiger partial charge in [0.05, 0.1) is 6.21 Å². The highest BCUT2D eigenvalue weighted by Crippen LogP contribution is 2.13. The Labute approximate surface area is 116 Å². The predicted octanol–water partition coefficient (Wildman–Crippen LogP) is 1.58. The van der Waals surface area contributed by atoms with E-state index in [1.165, 1.54) is 12.3 Å². The summed E-state index contributed by atoms with van der Waals surface area (Å²) in [6, 6.07) is 15.2. The van der Waals surface area contributed by atoms with Crippen molar-refractivity contribution < 1.29 is 15.0 Å². The Morgan fingerprint density at radius 2 is 1.75 bits per heavy atom. The number of hydrogen-bond donors (Lipinski definition) is 3. The first-order chi connectivity index (χ1) is 9.68. The Hall–Kier alpha value is -2.66. The average molecular weight is 270 g/mol. The lowest BCUT2D eigenvalue weighted by molar-refractivity contribution is -0.129. The van der Waals surface area contributed by atoms with Gasteiger partial charge in [-0.2, -0.15) is 5.10 Å². The molecule has 5 nitrogen and oxygen atoms in total. The maximum Gasteiger partial charge on any atom is 0.273 e. The van der Waals surface area contributed by atoms with Gasteiger partial charge in [0.15, 0.2) is 6.10 Å². The van der Waals surface area contributed by atoms with E-state index in [9.17, 15) is 15.0 Å².